The maximum atomic E-state index is 13.1. The Balaban J connectivity index is 2.36. The number of fused-ring (bicyclic) bond motifs is 1. The monoisotopic (exact) mass is 153 g/mol. The second kappa shape index (κ2) is 2.36. The van der Waals surface area contributed by atoms with Crippen molar-refractivity contribution in [1.82, 2.24) is 4.90 Å². The average Bonchev–Trinajstić information content (AvgIpc) is 2.34. The highest BCUT2D eigenvalue weighted by atomic mass is 19.1. The summed E-state index contributed by atoms with van der Waals surface area (Å²) in [4.78, 5) is 2.03. The summed E-state index contributed by atoms with van der Waals surface area (Å²) in [6.45, 7) is 1.01. The second-order valence-electron chi connectivity index (χ2n) is 3.28. The predicted octanol–water partition coefficient (Wildman–Crippen LogP) is 2.08. The van der Waals surface area contributed by atoms with Crippen molar-refractivity contribution in [1.29, 1.82) is 0 Å². The average molecular weight is 153 g/mol. The van der Waals surface area contributed by atoms with Crippen LogP contribution in [0.25, 0.3) is 0 Å². The van der Waals surface area contributed by atoms with Gasteiger partial charge in [-0.25, -0.2) is 4.39 Å². The van der Waals surface area contributed by atoms with Crippen molar-refractivity contribution in [3.63, 3.8) is 0 Å². The van der Waals surface area contributed by atoms with Crippen LogP contribution in [0.15, 0.2) is 23.7 Å². The first-order valence-corrected chi connectivity index (χ1v) is 4.06. The van der Waals surface area contributed by atoms with Crippen LogP contribution in [0.5, 0.6) is 0 Å². The quantitative estimate of drug-likeness (QED) is 0.515. The molecule has 1 atom stereocenters. The summed E-state index contributed by atoms with van der Waals surface area (Å²) in [6.07, 6.45) is 5.66. The van der Waals surface area contributed by atoms with Gasteiger partial charge >= 0.3 is 0 Å². The minimum atomic E-state index is -0.0266. The molecule has 60 valence electrons. The van der Waals surface area contributed by atoms with Crippen LogP contribution in [0.4, 0.5) is 4.39 Å². The lowest BCUT2D eigenvalue weighted by Crippen LogP contribution is -2.14. The first-order chi connectivity index (χ1) is 5.29. The van der Waals surface area contributed by atoms with Gasteiger partial charge in [0.05, 0.1) is 5.70 Å². The number of allylic oxidation sites excluding steroid dienone is 4. The third kappa shape index (κ3) is 0.971. The standard InChI is InChI=1S/C9H12FN/c1-11-6-5-7-3-2-4-8(10)9(7)11/h2,4,7H,3,5-6H2,1H3. The molecule has 0 aromatic carbocycles. The lowest BCUT2D eigenvalue weighted by atomic mass is 9.97. The highest BCUT2D eigenvalue weighted by molar-refractivity contribution is 5.27. The largest absolute Gasteiger partial charge is 0.375 e. The number of likely N-dealkylation sites (tertiary alicyclic amines) is 1. The van der Waals surface area contributed by atoms with Gasteiger partial charge in [-0.1, -0.05) is 6.08 Å². The van der Waals surface area contributed by atoms with E-state index in [1.807, 2.05) is 18.0 Å². The molecule has 1 nitrogen and oxygen atoms in total. The lowest BCUT2D eigenvalue weighted by molar-refractivity contribution is 0.445. The van der Waals surface area contributed by atoms with Crippen molar-refractivity contribution in [2.24, 2.45) is 5.92 Å². The molecule has 0 saturated carbocycles. The SMILES string of the molecule is CN1CCC2CC=CC(F)=C21. The van der Waals surface area contributed by atoms with E-state index in [2.05, 4.69) is 0 Å². The molecule has 1 aliphatic carbocycles. The van der Waals surface area contributed by atoms with Crippen LogP contribution in [0.3, 0.4) is 0 Å². The van der Waals surface area contributed by atoms with Gasteiger partial charge in [0.15, 0.2) is 0 Å². The van der Waals surface area contributed by atoms with Gasteiger partial charge in [0.1, 0.15) is 5.83 Å². The zero-order valence-corrected chi connectivity index (χ0v) is 6.68. The Hall–Kier alpha value is -0.790. The van der Waals surface area contributed by atoms with Crippen molar-refractivity contribution in [3.8, 4) is 0 Å². The molecular weight excluding hydrogens is 141 g/mol. The smallest absolute Gasteiger partial charge is 0.142 e. The fourth-order valence-corrected chi connectivity index (χ4v) is 1.95. The minimum Gasteiger partial charge on any atom is -0.375 e. The van der Waals surface area contributed by atoms with Crippen molar-refractivity contribution >= 4 is 0 Å². The van der Waals surface area contributed by atoms with Crippen molar-refractivity contribution in [2.45, 2.75) is 12.8 Å². The van der Waals surface area contributed by atoms with Crippen LogP contribution in [0, 0.1) is 5.92 Å². The van der Waals surface area contributed by atoms with Crippen LogP contribution in [-0.4, -0.2) is 18.5 Å². The zero-order chi connectivity index (χ0) is 7.84. The van der Waals surface area contributed by atoms with Crippen LogP contribution in [0.2, 0.25) is 0 Å². The summed E-state index contributed by atoms with van der Waals surface area (Å²) >= 11 is 0. The molecular formula is C9H12FN. The molecule has 11 heavy (non-hydrogen) atoms. The summed E-state index contributed by atoms with van der Waals surface area (Å²) in [5, 5.41) is 0. The van der Waals surface area contributed by atoms with E-state index in [9.17, 15) is 4.39 Å². The molecule has 1 heterocycles. The van der Waals surface area contributed by atoms with Gasteiger partial charge in [-0.05, 0) is 18.9 Å². The Morgan fingerprint density at radius 1 is 1.64 bits per heavy atom. The highest BCUT2D eigenvalue weighted by Gasteiger charge is 2.28. The van der Waals surface area contributed by atoms with Crippen molar-refractivity contribution < 1.29 is 4.39 Å². The summed E-state index contributed by atoms with van der Waals surface area (Å²) in [5.74, 6) is 0.436. The normalized spacial score (nSPS) is 29.6. The van der Waals surface area contributed by atoms with Crippen LogP contribution in [-0.2, 0) is 0 Å². The number of rotatable bonds is 0. The topological polar surface area (TPSA) is 3.24 Å². The molecule has 1 fully saturated rings. The Kier molecular flexibility index (Phi) is 1.48. The predicted molar refractivity (Wildman–Crippen MR) is 42.6 cm³/mol. The van der Waals surface area contributed by atoms with Gasteiger partial charge < -0.3 is 4.90 Å². The minimum absolute atomic E-state index is 0.0266. The van der Waals surface area contributed by atoms with Gasteiger partial charge in [0, 0.05) is 19.5 Å². The molecule has 0 spiro atoms. The molecule has 2 aliphatic rings. The third-order valence-electron chi connectivity index (χ3n) is 2.54. The van der Waals surface area contributed by atoms with E-state index in [1.54, 1.807) is 6.08 Å². The Morgan fingerprint density at radius 3 is 3.18 bits per heavy atom. The van der Waals surface area contributed by atoms with Gasteiger partial charge in [-0.3, -0.25) is 0 Å². The third-order valence-corrected chi connectivity index (χ3v) is 2.54. The van der Waals surface area contributed by atoms with E-state index in [-0.39, 0.29) is 5.83 Å². The zero-order valence-electron chi connectivity index (χ0n) is 6.68. The molecule has 1 unspecified atom stereocenters. The molecule has 0 N–H and O–H groups in total. The van der Waals surface area contributed by atoms with Gasteiger partial charge in [0.2, 0.25) is 0 Å². The fraction of sp³-hybridized carbons (Fsp3) is 0.556. The Bertz CT molecular complexity index is 230. The van der Waals surface area contributed by atoms with E-state index in [1.165, 1.54) is 0 Å². The summed E-state index contributed by atoms with van der Waals surface area (Å²) < 4.78 is 13.1. The molecule has 1 saturated heterocycles. The second-order valence-corrected chi connectivity index (χ2v) is 3.28. The Morgan fingerprint density at radius 2 is 2.45 bits per heavy atom. The number of hydrogen-bond acceptors (Lipinski definition) is 1. The number of nitrogens with zero attached hydrogens (tertiary/aromatic N) is 1. The molecule has 0 bridgehead atoms. The lowest BCUT2D eigenvalue weighted by Gasteiger charge is -2.19. The van der Waals surface area contributed by atoms with Crippen LogP contribution < -0.4 is 0 Å². The molecule has 0 aromatic rings. The molecule has 1 aliphatic heterocycles. The molecule has 2 heteroatoms. The van der Waals surface area contributed by atoms with E-state index in [0.717, 1.165) is 25.1 Å². The van der Waals surface area contributed by atoms with Crippen molar-refractivity contribution in [2.75, 3.05) is 13.6 Å². The number of hydrogen-bond donors (Lipinski definition) is 0. The molecule has 0 radical (unpaired) electrons. The van der Waals surface area contributed by atoms with E-state index < -0.39 is 0 Å². The van der Waals surface area contributed by atoms with Gasteiger partial charge in [-0.2, -0.15) is 0 Å². The number of halogens is 1. The summed E-state index contributed by atoms with van der Waals surface area (Å²) in [5.41, 5.74) is 0.924. The maximum absolute atomic E-state index is 13.1. The molecule has 2 rings (SSSR count). The van der Waals surface area contributed by atoms with E-state index in [4.69, 9.17) is 0 Å². The van der Waals surface area contributed by atoms with Gasteiger partial charge in [0.25, 0.3) is 0 Å². The van der Waals surface area contributed by atoms with E-state index in [0.29, 0.717) is 5.92 Å². The molecule has 0 amide bonds. The van der Waals surface area contributed by atoms with Crippen LogP contribution in [0.1, 0.15) is 12.8 Å². The maximum Gasteiger partial charge on any atom is 0.142 e. The van der Waals surface area contributed by atoms with Gasteiger partial charge in [-0.15, -0.1) is 0 Å². The first-order valence-electron chi connectivity index (χ1n) is 4.06. The fourth-order valence-electron chi connectivity index (χ4n) is 1.95. The van der Waals surface area contributed by atoms with Crippen molar-refractivity contribution in [3.05, 3.63) is 23.7 Å². The van der Waals surface area contributed by atoms with Crippen LogP contribution >= 0.6 is 0 Å². The molecule has 0 aromatic heterocycles. The summed E-state index contributed by atoms with van der Waals surface area (Å²) in [6, 6.07) is 0. The summed E-state index contributed by atoms with van der Waals surface area (Å²) in [7, 11) is 1.97. The van der Waals surface area contributed by atoms with E-state index >= 15 is 0 Å². The first kappa shape index (κ1) is 6.89. The Labute approximate surface area is 66.2 Å². The highest BCUT2D eigenvalue weighted by Crippen LogP contribution is 2.35.